The molecule has 0 saturated carbocycles. The smallest absolute Gasteiger partial charge is 0.354 e. The summed E-state index contributed by atoms with van der Waals surface area (Å²) in [6, 6.07) is 1.31. The first-order valence-electron chi connectivity index (χ1n) is 4.92. The van der Waals surface area contributed by atoms with E-state index < -0.39 is 5.97 Å². The van der Waals surface area contributed by atoms with E-state index in [0.717, 1.165) is 5.56 Å². The normalized spacial score (nSPS) is 10.8. The van der Waals surface area contributed by atoms with Crippen molar-refractivity contribution in [2.45, 2.75) is 12.6 Å². The maximum atomic E-state index is 11.1. The van der Waals surface area contributed by atoms with Crippen molar-refractivity contribution in [2.75, 3.05) is 20.3 Å². The number of aliphatic hydroxyl groups is 2. The van der Waals surface area contributed by atoms with Gasteiger partial charge in [0.15, 0.2) is 0 Å². The largest absolute Gasteiger partial charge is 0.464 e. The Labute approximate surface area is 93.2 Å². The lowest BCUT2D eigenvalue weighted by atomic mass is 10.2. The lowest BCUT2D eigenvalue weighted by Gasteiger charge is -2.11. The molecule has 0 fully saturated rings. The number of hydrogen-bond acceptors (Lipinski definition) is 5. The molecule has 0 spiro atoms. The van der Waals surface area contributed by atoms with Crippen molar-refractivity contribution >= 4 is 5.97 Å². The zero-order chi connectivity index (χ0) is 12.0. The van der Waals surface area contributed by atoms with Crippen LogP contribution in [-0.4, -0.2) is 47.5 Å². The molecule has 0 aromatic carbocycles. The molecular weight excluding hydrogens is 212 g/mol. The highest BCUT2D eigenvalue weighted by Crippen LogP contribution is 2.04. The zero-order valence-electron chi connectivity index (χ0n) is 9.06. The van der Waals surface area contributed by atoms with Crippen LogP contribution in [0, 0.1) is 0 Å². The Morgan fingerprint density at radius 3 is 2.81 bits per heavy atom. The average molecular weight is 228 g/mol. The van der Waals surface area contributed by atoms with Gasteiger partial charge in [0.25, 0.3) is 0 Å². The number of esters is 1. The van der Waals surface area contributed by atoms with Gasteiger partial charge in [-0.05, 0) is 11.6 Å². The van der Waals surface area contributed by atoms with Gasteiger partial charge in [0.2, 0.25) is 0 Å². The predicted octanol–water partition coefficient (Wildman–Crippen LogP) is -0.756. The minimum Gasteiger partial charge on any atom is -0.464 e. The molecule has 0 aliphatic heterocycles. The number of aromatic amines is 1. The number of nitrogens with one attached hydrogen (secondary N) is 2. The average Bonchev–Trinajstić information content (AvgIpc) is 2.78. The van der Waals surface area contributed by atoms with Crippen LogP contribution in [0.15, 0.2) is 12.3 Å². The summed E-state index contributed by atoms with van der Waals surface area (Å²) < 4.78 is 4.55. The van der Waals surface area contributed by atoms with Crippen LogP contribution in [0.1, 0.15) is 16.1 Å². The van der Waals surface area contributed by atoms with E-state index in [0.29, 0.717) is 12.2 Å². The second-order valence-corrected chi connectivity index (χ2v) is 3.36. The van der Waals surface area contributed by atoms with E-state index in [-0.39, 0.29) is 19.3 Å². The summed E-state index contributed by atoms with van der Waals surface area (Å²) in [5.74, 6) is -0.424. The minimum absolute atomic E-state index is 0.134. The Bertz CT molecular complexity index is 333. The molecule has 0 bridgehead atoms. The predicted molar refractivity (Wildman–Crippen MR) is 56.9 cm³/mol. The number of carbonyl (C=O) groups excluding carboxylic acids is 1. The molecule has 90 valence electrons. The third-order valence-corrected chi connectivity index (χ3v) is 2.18. The molecule has 1 aromatic rings. The topological polar surface area (TPSA) is 94.6 Å². The van der Waals surface area contributed by atoms with E-state index in [1.807, 2.05) is 0 Å². The number of rotatable bonds is 6. The van der Waals surface area contributed by atoms with Gasteiger partial charge < -0.3 is 25.3 Å². The molecule has 0 unspecified atom stereocenters. The van der Waals surface area contributed by atoms with Crippen LogP contribution in [0.4, 0.5) is 0 Å². The second-order valence-electron chi connectivity index (χ2n) is 3.36. The molecular formula is C10H16N2O4. The summed E-state index contributed by atoms with van der Waals surface area (Å²) in [7, 11) is 1.31. The van der Waals surface area contributed by atoms with Crippen molar-refractivity contribution in [3.63, 3.8) is 0 Å². The quantitative estimate of drug-likeness (QED) is 0.480. The van der Waals surface area contributed by atoms with Gasteiger partial charge in [0.1, 0.15) is 5.69 Å². The maximum Gasteiger partial charge on any atom is 0.354 e. The van der Waals surface area contributed by atoms with Crippen molar-refractivity contribution in [3.05, 3.63) is 23.5 Å². The SMILES string of the molecule is COC(=O)c1cc(CNC(CO)CO)c[nH]1. The van der Waals surface area contributed by atoms with Crippen molar-refractivity contribution < 1.29 is 19.7 Å². The summed E-state index contributed by atoms with van der Waals surface area (Å²) in [5.41, 5.74) is 1.23. The van der Waals surface area contributed by atoms with Crippen LogP contribution in [-0.2, 0) is 11.3 Å². The highest BCUT2D eigenvalue weighted by molar-refractivity contribution is 5.87. The van der Waals surface area contributed by atoms with Crippen LogP contribution in [0.25, 0.3) is 0 Å². The van der Waals surface area contributed by atoms with Gasteiger partial charge in [-0.2, -0.15) is 0 Å². The summed E-state index contributed by atoms with van der Waals surface area (Å²) in [6.07, 6.45) is 1.67. The molecule has 0 aliphatic carbocycles. The lowest BCUT2D eigenvalue weighted by molar-refractivity contribution is 0.0594. The molecule has 4 N–H and O–H groups in total. The molecule has 0 atom stereocenters. The second kappa shape index (κ2) is 6.26. The van der Waals surface area contributed by atoms with Gasteiger partial charge in [-0.1, -0.05) is 0 Å². The molecule has 1 rings (SSSR count). The van der Waals surface area contributed by atoms with E-state index in [1.54, 1.807) is 12.3 Å². The summed E-state index contributed by atoms with van der Waals surface area (Å²) in [4.78, 5) is 13.9. The number of hydrogen-bond donors (Lipinski definition) is 4. The van der Waals surface area contributed by atoms with Crippen molar-refractivity contribution in [2.24, 2.45) is 0 Å². The van der Waals surface area contributed by atoms with Crippen molar-refractivity contribution in [1.82, 2.24) is 10.3 Å². The maximum absolute atomic E-state index is 11.1. The van der Waals surface area contributed by atoms with Crippen LogP contribution >= 0.6 is 0 Å². The van der Waals surface area contributed by atoms with Gasteiger partial charge in [0, 0.05) is 12.7 Å². The summed E-state index contributed by atoms with van der Waals surface area (Å²) in [6.45, 7) is 0.189. The molecule has 6 nitrogen and oxygen atoms in total. The molecule has 6 heteroatoms. The monoisotopic (exact) mass is 228 g/mol. The van der Waals surface area contributed by atoms with Gasteiger partial charge in [0.05, 0.1) is 26.4 Å². The Hall–Kier alpha value is -1.37. The number of aromatic nitrogens is 1. The lowest BCUT2D eigenvalue weighted by Crippen LogP contribution is -2.35. The van der Waals surface area contributed by atoms with E-state index in [2.05, 4.69) is 15.0 Å². The Morgan fingerprint density at radius 1 is 1.56 bits per heavy atom. The Kier molecular flexibility index (Phi) is 4.97. The highest BCUT2D eigenvalue weighted by atomic mass is 16.5. The fourth-order valence-corrected chi connectivity index (χ4v) is 1.22. The van der Waals surface area contributed by atoms with Crippen LogP contribution in [0.5, 0.6) is 0 Å². The van der Waals surface area contributed by atoms with Crippen LogP contribution in [0.3, 0.4) is 0 Å². The highest BCUT2D eigenvalue weighted by Gasteiger charge is 2.09. The van der Waals surface area contributed by atoms with E-state index in [9.17, 15) is 4.79 Å². The standard InChI is InChI=1S/C10H16N2O4/c1-16-10(15)9-2-7(4-12-9)3-11-8(5-13)6-14/h2,4,8,11-14H,3,5-6H2,1H3. The number of ether oxygens (including phenoxy) is 1. The zero-order valence-corrected chi connectivity index (χ0v) is 9.06. The molecule has 1 aromatic heterocycles. The first-order valence-corrected chi connectivity index (χ1v) is 4.92. The molecule has 0 radical (unpaired) electrons. The molecule has 0 amide bonds. The van der Waals surface area contributed by atoms with E-state index in [4.69, 9.17) is 10.2 Å². The number of H-pyrrole nitrogens is 1. The number of aliphatic hydroxyl groups excluding tert-OH is 2. The fourth-order valence-electron chi connectivity index (χ4n) is 1.22. The van der Waals surface area contributed by atoms with Gasteiger partial charge in [-0.3, -0.25) is 0 Å². The van der Waals surface area contributed by atoms with Crippen LogP contribution in [0.2, 0.25) is 0 Å². The number of methoxy groups -OCH3 is 1. The van der Waals surface area contributed by atoms with Gasteiger partial charge >= 0.3 is 5.97 Å². The minimum atomic E-state index is -0.424. The Balaban J connectivity index is 2.49. The van der Waals surface area contributed by atoms with E-state index >= 15 is 0 Å². The number of carbonyl (C=O) groups is 1. The molecule has 16 heavy (non-hydrogen) atoms. The Morgan fingerprint density at radius 2 is 2.25 bits per heavy atom. The van der Waals surface area contributed by atoms with Crippen molar-refractivity contribution in [1.29, 1.82) is 0 Å². The molecule has 0 saturated heterocycles. The first kappa shape index (κ1) is 12.7. The third-order valence-electron chi connectivity index (χ3n) is 2.18. The fraction of sp³-hybridized carbons (Fsp3) is 0.500. The summed E-state index contributed by atoms with van der Waals surface area (Å²) >= 11 is 0. The van der Waals surface area contributed by atoms with Crippen molar-refractivity contribution in [3.8, 4) is 0 Å². The van der Waals surface area contributed by atoms with Gasteiger partial charge in [-0.15, -0.1) is 0 Å². The third kappa shape index (κ3) is 3.34. The first-order chi connectivity index (χ1) is 7.71. The molecule has 1 heterocycles. The van der Waals surface area contributed by atoms with Crippen LogP contribution < -0.4 is 5.32 Å². The molecule has 0 aliphatic rings. The van der Waals surface area contributed by atoms with E-state index in [1.165, 1.54) is 7.11 Å². The summed E-state index contributed by atoms with van der Waals surface area (Å²) in [5, 5.41) is 20.6. The van der Waals surface area contributed by atoms with Gasteiger partial charge in [-0.25, -0.2) is 4.79 Å².